The second-order valence-corrected chi connectivity index (χ2v) is 5.57. The van der Waals surface area contributed by atoms with Crippen molar-refractivity contribution in [3.05, 3.63) is 72.3 Å². The number of fused-ring (bicyclic) bond motifs is 1. The summed E-state index contributed by atoms with van der Waals surface area (Å²) < 4.78 is 1.80. The van der Waals surface area contributed by atoms with Crippen LogP contribution >= 0.6 is 0 Å². The summed E-state index contributed by atoms with van der Waals surface area (Å²) in [6.45, 7) is 0. The maximum absolute atomic E-state index is 9.75. The van der Waals surface area contributed by atoms with E-state index in [2.05, 4.69) is 32.1 Å². The number of rotatable bonds is 2. The van der Waals surface area contributed by atoms with E-state index in [9.17, 15) is 5.11 Å². The molecule has 6 heteroatoms. The fourth-order valence-electron chi connectivity index (χ4n) is 2.61. The van der Waals surface area contributed by atoms with Crippen LogP contribution in [0, 0.1) is 11.8 Å². The standard InChI is InChI=1S/C20H15N5O/c1-21-19-18-20(25(13-22-18)15-8-5-9-16(26)12-15)24-17(23-19)11-10-14-6-3-2-4-7-14/h2-9,12-13,26H,1H3,(H,21,23,24). The summed E-state index contributed by atoms with van der Waals surface area (Å²) in [6, 6.07) is 16.6. The van der Waals surface area contributed by atoms with Gasteiger partial charge in [0, 0.05) is 18.7 Å². The highest BCUT2D eigenvalue weighted by Crippen LogP contribution is 2.23. The largest absolute Gasteiger partial charge is 0.508 e. The van der Waals surface area contributed by atoms with Crippen LogP contribution in [0.15, 0.2) is 60.9 Å². The molecule has 0 amide bonds. The Morgan fingerprint density at radius 1 is 1.00 bits per heavy atom. The minimum Gasteiger partial charge on any atom is -0.508 e. The quantitative estimate of drug-likeness (QED) is 0.548. The second kappa shape index (κ2) is 6.57. The zero-order valence-corrected chi connectivity index (χ0v) is 14.0. The Kier molecular flexibility index (Phi) is 3.96. The number of aromatic nitrogens is 4. The topological polar surface area (TPSA) is 75.9 Å². The first-order valence-corrected chi connectivity index (χ1v) is 8.04. The van der Waals surface area contributed by atoms with E-state index in [0.717, 1.165) is 11.3 Å². The molecule has 0 atom stereocenters. The smallest absolute Gasteiger partial charge is 0.209 e. The predicted octanol–water partition coefficient (Wildman–Crippen LogP) is 2.96. The van der Waals surface area contributed by atoms with Crippen LogP contribution in [0.1, 0.15) is 11.4 Å². The van der Waals surface area contributed by atoms with Crippen molar-refractivity contribution in [3.63, 3.8) is 0 Å². The lowest BCUT2D eigenvalue weighted by Gasteiger charge is -2.05. The molecule has 126 valence electrons. The van der Waals surface area contributed by atoms with Crippen LogP contribution in [0.25, 0.3) is 16.9 Å². The molecule has 0 saturated carbocycles. The lowest BCUT2D eigenvalue weighted by molar-refractivity contribution is 0.475. The summed E-state index contributed by atoms with van der Waals surface area (Å²) in [4.78, 5) is 13.4. The van der Waals surface area contributed by atoms with E-state index < -0.39 is 0 Å². The number of aromatic hydroxyl groups is 1. The van der Waals surface area contributed by atoms with Crippen molar-refractivity contribution in [1.82, 2.24) is 19.5 Å². The number of nitrogens with one attached hydrogen (secondary N) is 1. The Hall–Kier alpha value is -3.85. The minimum atomic E-state index is 0.177. The highest BCUT2D eigenvalue weighted by Gasteiger charge is 2.13. The van der Waals surface area contributed by atoms with E-state index in [-0.39, 0.29) is 5.75 Å². The highest BCUT2D eigenvalue weighted by atomic mass is 16.3. The van der Waals surface area contributed by atoms with Crippen LogP contribution in [-0.2, 0) is 0 Å². The fraction of sp³-hybridized carbons (Fsp3) is 0.0500. The van der Waals surface area contributed by atoms with Gasteiger partial charge in [0.25, 0.3) is 0 Å². The molecule has 6 nitrogen and oxygen atoms in total. The zero-order valence-electron chi connectivity index (χ0n) is 14.0. The number of hydrogen-bond donors (Lipinski definition) is 2. The maximum atomic E-state index is 9.75. The normalized spacial score (nSPS) is 10.3. The van der Waals surface area contributed by atoms with Crippen molar-refractivity contribution in [2.75, 3.05) is 12.4 Å². The summed E-state index contributed by atoms with van der Waals surface area (Å²) in [5, 5.41) is 12.8. The third-order valence-corrected chi connectivity index (χ3v) is 3.83. The number of anilines is 1. The van der Waals surface area contributed by atoms with Crippen molar-refractivity contribution in [3.8, 4) is 23.3 Å². The average Bonchev–Trinajstić information content (AvgIpc) is 3.10. The molecule has 0 fully saturated rings. The van der Waals surface area contributed by atoms with Crippen LogP contribution in [0.3, 0.4) is 0 Å². The molecule has 0 bridgehead atoms. The van der Waals surface area contributed by atoms with E-state index in [1.54, 1.807) is 36.1 Å². The molecule has 4 rings (SSSR count). The van der Waals surface area contributed by atoms with Gasteiger partial charge >= 0.3 is 0 Å². The Morgan fingerprint density at radius 2 is 1.85 bits per heavy atom. The average molecular weight is 341 g/mol. The molecule has 0 radical (unpaired) electrons. The van der Waals surface area contributed by atoms with Gasteiger partial charge in [0.2, 0.25) is 5.82 Å². The summed E-state index contributed by atoms with van der Waals surface area (Å²) in [7, 11) is 1.78. The van der Waals surface area contributed by atoms with Gasteiger partial charge in [-0.3, -0.25) is 4.57 Å². The van der Waals surface area contributed by atoms with Gasteiger partial charge in [0.15, 0.2) is 17.0 Å². The Morgan fingerprint density at radius 3 is 2.62 bits per heavy atom. The summed E-state index contributed by atoms with van der Waals surface area (Å²) in [5.74, 6) is 7.25. The number of nitrogens with zero attached hydrogens (tertiary/aromatic N) is 4. The first kappa shape index (κ1) is 15.7. The minimum absolute atomic E-state index is 0.177. The Labute approximate surface area is 150 Å². The third-order valence-electron chi connectivity index (χ3n) is 3.83. The van der Waals surface area contributed by atoms with Crippen molar-refractivity contribution in [2.24, 2.45) is 0 Å². The SMILES string of the molecule is CNc1nc(C#Cc2ccccc2)nc2c1ncn2-c1cccc(O)c1. The van der Waals surface area contributed by atoms with Gasteiger partial charge in [0.05, 0.1) is 5.69 Å². The van der Waals surface area contributed by atoms with E-state index in [1.807, 2.05) is 36.4 Å². The highest BCUT2D eigenvalue weighted by molar-refractivity contribution is 5.84. The number of phenolic OH excluding ortho intramolecular Hbond substituents is 1. The molecule has 0 saturated heterocycles. The Bertz CT molecular complexity index is 1140. The predicted molar refractivity (Wildman–Crippen MR) is 100 cm³/mol. The molecule has 4 aromatic rings. The monoisotopic (exact) mass is 341 g/mol. The molecule has 0 spiro atoms. The molecule has 26 heavy (non-hydrogen) atoms. The van der Waals surface area contributed by atoms with Crippen LogP contribution in [0.4, 0.5) is 5.82 Å². The number of hydrogen-bond acceptors (Lipinski definition) is 5. The van der Waals surface area contributed by atoms with E-state index in [4.69, 9.17) is 0 Å². The van der Waals surface area contributed by atoms with Gasteiger partial charge < -0.3 is 10.4 Å². The first-order chi connectivity index (χ1) is 12.7. The molecule has 0 aliphatic carbocycles. The van der Waals surface area contributed by atoms with Crippen molar-refractivity contribution < 1.29 is 5.11 Å². The van der Waals surface area contributed by atoms with Gasteiger partial charge in [-0.1, -0.05) is 30.2 Å². The summed E-state index contributed by atoms with van der Waals surface area (Å²) in [6.07, 6.45) is 1.66. The third kappa shape index (κ3) is 2.94. The Balaban J connectivity index is 1.86. The van der Waals surface area contributed by atoms with E-state index in [1.165, 1.54) is 0 Å². The molecule has 0 aliphatic rings. The van der Waals surface area contributed by atoms with Gasteiger partial charge in [0.1, 0.15) is 12.1 Å². The van der Waals surface area contributed by atoms with Crippen LogP contribution in [-0.4, -0.2) is 31.7 Å². The van der Waals surface area contributed by atoms with Crippen LogP contribution in [0.5, 0.6) is 5.75 Å². The van der Waals surface area contributed by atoms with Crippen molar-refractivity contribution in [1.29, 1.82) is 0 Å². The molecule has 2 heterocycles. The van der Waals surface area contributed by atoms with Gasteiger partial charge in [-0.05, 0) is 30.2 Å². The van der Waals surface area contributed by atoms with Crippen molar-refractivity contribution >= 4 is 17.0 Å². The molecule has 2 aromatic heterocycles. The van der Waals surface area contributed by atoms with E-state index in [0.29, 0.717) is 22.8 Å². The van der Waals surface area contributed by atoms with Gasteiger partial charge in [-0.25, -0.2) is 15.0 Å². The second-order valence-electron chi connectivity index (χ2n) is 5.57. The number of phenols is 1. The summed E-state index contributed by atoms with van der Waals surface area (Å²) in [5.41, 5.74) is 2.91. The zero-order chi connectivity index (χ0) is 17.9. The molecule has 0 aliphatic heterocycles. The molecular weight excluding hydrogens is 326 g/mol. The lowest BCUT2D eigenvalue weighted by atomic mass is 10.2. The molecular formula is C20H15N5O. The fourth-order valence-corrected chi connectivity index (χ4v) is 2.61. The summed E-state index contributed by atoms with van der Waals surface area (Å²) >= 11 is 0. The van der Waals surface area contributed by atoms with Crippen LogP contribution in [0.2, 0.25) is 0 Å². The van der Waals surface area contributed by atoms with Crippen molar-refractivity contribution in [2.45, 2.75) is 0 Å². The number of benzene rings is 2. The van der Waals surface area contributed by atoms with E-state index >= 15 is 0 Å². The molecule has 0 unspecified atom stereocenters. The number of imidazole rings is 1. The lowest BCUT2D eigenvalue weighted by Crippen LogP contribution is -2.01. The van der Waals surface area contributed by atoms with Crippen LogP contribution < -0.4 is 5.32 Å². The van der Waals surface area contributed by atoms with Gasteiger partial charge in [-0.2, -0.15) is 0 Å². The molecule has 2 N–H and O–H groups in total. The van der Waals surface area contributed by atoms with Gasteiger partial charge in [-0.15, -0.1) is 0 Å². The molecule has 2 aromatic carbocycles. The first-order valence-electron chi connectivity index (χ1n) is 8.04. The maximum Gasteiger partial charge on any atom is 0.209 e.